The van der Waals surface area contributed by atoms with Crippen LogP contribution < -0.4 is 4.74 Å². The highest BCUT2D eigenvalue weighted by atomic mass is 16.7. The van der Waals surface area contributed by atoms with Crippen LogP contribution in [0.1, 0.15) is 110 Å². The molecule has 1 aromatic rings. The minimum Gasteiger partial charge on any atom is -0.465 e. The number of ether oxygens (including phenoxy) is 2. The van der Waals surface area contributed by atoms with Crippen molar-refractivity contribution in [2.45, 2.75) is 117 Å². The lowest BCUT2D eigenvalue weighted by atomic mass is 9.68. The lowest BCUT2D eigenvalue weighted by Crippen LogP contribution is -2.35. The molecule has 0 aliphatic heterocycles. The van der Waals surface area contributed by atoms with E-state index in [9.17, 15) is 0 Å². The van der Waals surface area contributed by atoms with Crippen molar-refractivity contribution in [1.29, 1.82) is 0 Å². The zero-order valence-electron chi connectivity index (χ0n) is 19.6. The van der Waals surface area contributed by atoms with Gasteiger partial charge in [-0.15, -0.1) is 0 Å². The van der Waals surface area contributed by atoms with Crippen molar-refractivity contribution in [2.24, 2.45) is 5.41 Å². The minimum atomic E-state index is -0.188. The first kappa shape index (κ1) is 24.0. The van der Waals surface area contributed by atoms with Crippen LogP contribution in [0.5, 0.6) is 5.75 Å². The van der Waals surface area contributed by atoms with Crippen LogP contribution in [0.4, 0.5) is 0 Å². The summed E-state index contributed by atoms with van der Waals surface area (Å²) in [5.74, 6) is 1.51. The smallest absolute Gasteiger partial charge is 0.200 e. The molecule has 164 valence electrons. The summed E-state index contributed by atoms with van der Waals surface area (Å²) < 4.78 is 13.0. The molecule has 0 N–H and O–H groups in total. The van der Waals surface area contributed by atoms with E-state index in [1.807, 2.05) is 0 Å². The summed E-state index contributed by atoms with van der Waals surface area (Å²) >= 11 is 0. The summed E-state index contributed by atoms with van der Waals surface area (Å²) in [7, 11) is 0. The molecule has 0 radical (unpaired) electrons. The monoisotopic (exact) mass is 400 g/mol. The van der Waals surface area contributed by atoms with Gasteiger partial charge in [0.2, 0.25) is 6.29 Å². The molecule has 0 heterocycles. The minimum absolute atomic E-state index is 0.188. The van der Waals surface area contributed by atoms with Crippen LogP contribution in [0.2, 0.25) is 0 Å². The van der Waals surface area contributed by atoms with E-state index in [-0.39, 0.29) is 17.8 Å². The van der Waals surface area contributed by atoms with Crippen LogP contribution in [-0.4, -0.2) is 12.4 Å². The van der Waals surface area contributed by atoms with Crippen LogP contribution in [-0.2, 0) is 4.74 Å². The molecule has 0 aromatic heterocycles. The van der Waals surface area contributed by atoms with E-state index in [0.717, 1.165) is 50.7 Å². The van der Waals surface area contributed by atoms with Gasteiger partial charge in [-0.1, -0.05) is 65.3 Å². The molecule has 2 nitrogen and oxygen atoms in total. The summed E-state index contributed by atoms with van der Waals surface area (Å²) in [4.78, 5) is 0. The second-order valence-corrected chi connectivity index (χ2v) is 9.22. The van der Waals surface area contributed by atoms with Crippen molar-refractivity contribution >= 4 is 0 Å². The first-order valence-corrected chi connectivity index (χ1v) is 12.0. The molecular formula is C27H44O2. The predicted molar refractivity (Wildman–Crippen MR) is 125 cm³/mol. The Morgan fingerprint density at radius 2 is 1.79 bits per heavy atom. The van der Waals surface area contributed by atoms with E-state index in [4.69, 9.17) is 9.47 Å². The Morgan fingerprint density at radius 1 is 1.07 bits per heavy atom. The Labute approximate surface area is 180 Å². The molecule has 0 bridgehead atoms. The number of rotatable bonds is 12. The summed E-state index contributed by atoms with van der Waals surface area (Å²) in [6.45, 7) is 15.6. The topological polar surface area (TPSA) is 18.5 Å². The van der Waals surface area contributed by atoms with E-state index in [2.05, 4.69) is 65.5 Å². The van der Waals surface area contributed by atoms with Gasteiger partial charge in [-0.25, -0.2) is 0 Å². The van der Waals surface area contributed by atoms with E-state index in [0.29, 0.717) is 5.92 Å². The van der Waals surface area contributed by atoms with Gasteiger partial charge in [0.05, 0.1) is 6.10 Å². The highest BCUT2D eigenvalue weighted by molar-refractivity contribution is 5.29. The van der Waals surface area contributed by atoms with Gasteiger partial charge in [-0.2, -0.15) is 0 Å². The molecule has 4 atom stereocenters. The second-order valence-electron chi connectivity index (χ2n) is 9.22. The van der Waals surface area contributed by atoms with Crippen molar-refractivity contribution in [3.63, 3.8) is 0 Å². The summed E-state index contributed by atoms with van der Waals surface area (Å²) in [5.41, 5.74) is 3.04. The van der Waals surface area contributed by atoms with Crippen molar-refractivity contribution in [2.75, 3.05) is 0 Å². The van der Waals surface area contributed by atoms with Crippen LogP contribution in [0.3, 0.4) is 0 Å². The van der Waals surface area contributed by atoms with Crippen molar-refractivity contribution in [3.05, 3.63) is 42.0 Å². The molecule has 1 aliphatic carbocycles. The maximum Gasteiger partial charge on any atom is 0.200 e. The quantitative estimate of drug-likeness (QED) is 0.259. The van der Waals surface area contributed by atoms with Crippen molar-refractivity contribution < 1.29 is 9.47 Å². The predicted octanol–water partition coefficient (Wildman–Crippen LogP) is 8.42. The van der Waals surface area contributed by atoms with Crippen LogP contribution in [0.15, 0.2) is 36.4 Å². The van der Waals surface area contributed by atoms with E-state index >= 15 is 0 Å². The van der Waals surface area contributed by atoms with Crippen molar-refractivity contribution in [1.82, 2.24) is 0 Å². The normalized spacial score (nSPS) is 22.9. The van der Waals surface area contributed by atoms with Crippen LogP contribution in [0.25, 0.3) is 0 Å². The molecule has 4 unspecified atom stereocenters. The molecule has 1 aromatic carbocycles. The highest BCUT2D eigenvalue weighted by Crippen LogP contribution is 2.45. The lowest BCUT2D eigenvalue weighted by molar-refractivity contribution is -0.144. The summed E-state index contributed by atoms with van der Waals surface area (Å²) in [6.07, 6.45) is 11.4. The zero-order chi connectivity index (χ0) is 21.3. The van der Waals surface area contributed by atoms with Gasteiger partial charge < -0.3 is 9.47 Å². The van der Waals surface area contributed by atoms with Crippen LogP contribution >= 0.6 is 0 Å². The Kier molecular flexibility index (Phi) is 9.75. The lowest BCUT2D eigenvalue weighted by Gasteiger charge is -2.40. The van der Waals surface area contributed by atoms with Gasteiger partial charge in [0.1, 0.15) is 5.75 Å². The van der Waals surface area contributed by atoms with Crippen molar-refractivity contribution in [3.8, 4) is 5.75 Å². The maximum absolute atomic E-state index is 6.56. The average Bonchev–Trinajstić information content (AvgIpc) is 2.73. The fraction of sp³-hybridized carbons (Fsp3) is 0.704. The molecular weight excluding hydrogens is 356 g/mol. The molecule has 0 saturated heterocycles. The highest BCUT2D eigenvalue weighted by Gasteiger charge is 2.36. The summed E-state index contributed by atoms with van der Waals surface area (Å²) in [5, 5.41) is 0. The van der Waals surface area contributed by atoms with Gasteiger partial charge in [0.25, 0.3) is 0 Å². The largest absolute Gasteiger partial charge is 0.465 e. The average molecular weight is 401 g/mol. The Morgan fingerprint density at radius 3 is 2.34 bits per heavy atom. The number of hydrogen-bond donors (Lipinski definition) is 0. The Bertz CT molecular complexity index is 605. The van der Waals surface area contributed by atoms with E-state index in [1.54, 1.807) is 0 Å². The first-order chi connectivity index (χ1) is 13.9. The summed E-state index contributed by atoms with van der Waals surface area (Å²) in [6, 6.07) is 8.66. The zero-order valence-corrected chi connectivity index (χ0v) is 19.6. The van der Waals surface area contributed by atoms with Crippen LogP contribution in [0, 0.1) is 5.41 Å². The third kappa shape index (κ3) is 7.17. The Hall–Kier alpha value is -1.28. The Balaban J connectivity index is 2.16. The molecule has 29 heavy (non-hydrogen) atoms. The first-order valence-electron chi connectivity index (χ1n) is 12.0. The van der Waals surface area contributed by atoms with Gasteiger partial charge in [0.15, 0.2) is 0 Å². The van der Waals surface area contributed by atoms with Gasteiger partial charge in [-0.05, 0) is 80.4 Å². The third-order valence-corrected chi connectivity index (χ3v) is 6.95. The molecule has 0 amide bonds. The van der Waals surface area contributed by atoms with Gasteiger partial charge >= 0.3 is 0 Å². The fourth-order valence-corrected chi connectivity index (χ4v) is 4.68. The molecule has 1 saturated carbocycles. The molecule has 1 aliphatic rings. The molecule has 2 heteroatoms. The molecule has 1 fully saturated rings. The number of allylic oxidation sites excluding steroid dienone is 1. The SMILES string of the molecule is C=C1CCCC(CC)(CC(Oc2ccc(C(C)CC)cc2)OC(CC)CCC)C1. The maximum atomic E-state index is 6.56. The third-order valence-electron chi connectivity index (χ3n) is 6.95. The van der Waals surface area contributed by atoms with E-state index in [1.165, 1.54) is 30.4 Å². The standard InChI is InChI=1S/C27H44O2/c1-7-12-24(9-3)28-26(20-27(10-4)18-11-13-21(5)19-27)29-25-16-14-23(15-17-25)22(6)8-2/h14-17,22,24,26H,5,7-13,18-20H2,1-4,6H3. The molecule has 2 rings (SSSR count). The van der Waals surface area contributed by atoms with Gasteiger partial charge in [0, 0.05) is 6.42 Å². The number of hydrogen-bond acceptors (Lipinski definition) is 2. The molecule has 0 spiro atoms. The fourth-order valence-electron chi connectivity index (χ4n) is 4.68. The second kappa shape index (κ2) is 11.8. The van der Waals surface area contributed by atoms with Gasteiger partial charge in [-0.3, -0.25) is 0 Å². The van der Waals surface area contributed by atoms with E-state index < -0.39 is 0 Å². The number of benzene rings is 1.